The molecule has 1 aromatic carbocycles. The molecule has 1 saturated heterocycles. The fraction of sp³-hybridized carbons (Fsp3) is 0.611. The number of carbonyl (C=O) groups excluding carboxylic acids is 1. The second kappa shape index (κ2) is 5.58. The van der Waals surface area contributed by atoms with Crippen molar-refractivity contribution in [3.8, 4) is 5.75 Å². The Hall–Kier alpha value is -1.55. The maximum absolute atomic E-state index is 13.2. The highest BCUT2D eigenvalue weighted by Gasteiger charge is 2.54. The zero-order valence-electron chi connectivity index (χ0n) is 14.1. The second-order valence-electron chi connectivity index (χ2n) is 6.88. The standard InChI is InChI=1S/C18H26N2O2/c1-13-5-6-15(11-16(13)22-4)18(7-8-18)17(21)20-10-9-19(3)12-14(20)2/h5-6,11,14H,7-10,12H2,1-4H3/t14-/m0/s1. The van der Waals surface area contributed by atoms with Crippen LogP contribution in [0, 0.1) is 6.92 Å². The van der Waals surface area contributed by atoms with Crippen LogP contribution in [-0.2, 0) is 10.2 Å². The van der Waals surface area contributed by atoms with Gasteiger partial charge in [-0.25, -0.2) is 0 Å². The predicted molar refractivity (Wildman–Crippen MR) is 87.3 cm³/mol. The summed E-state index contributed by atoms with van der Waals surface area (Å²) in [6.45, 7) is 6.94. The Kier molecular flexibility index (Phi) is 3.89. The minimum absolute atomic E-state index is 0.288. The summed E-state index contributed by atoms with van der Waals surface area (Å²) in [5.74, 6) is 1.18. The van der Waals surface area contributed by atoms with E-state index in [1.807, 2.05) is 6.92 Å². The lowest BCUT2D eigenvalue weighted by Gasteiger charge is -2.40. The normalized spacial score (nSPS) is 24.2. The van der Waals surface area contributed by atoms with Crippen molar-refractivity contribution in [3.63, 3.8) is 0 Å². The summed E-state index contributed by atoms with van der Waals surface area (Å²) in [7, 11) is 3.81. The summed E-state index contributed by atoms with van der Waals surface area (Å²) in [4.78, 5) is 17.5. The molecule has 0 radical (unpaired) electrons. The molecule has 0 aromatic heterocycles. The Morgan fingerprint density at radius 2 is 2.05 bits per heavy atom. The van der Waals surface area contributed by atoms with Gasteiger partial charge in [0.05, 0.1) is 12.5 Å². The van der Waals surface area contributed by atoms with Crippen molar-refractivity contribution in [3.05, 3.63) is 29.3 Å². The van der Waals surface area contributed by atoms with Gasteiger partial charge in [-0.3, -0.25) is 4.79 Å². The summed E-state index contributed by atoms with van der Waals surface area (Å²) in [6, 6.07) is 6.51. The lowest BCUT2D eigenvalue weighted by atomic mass is 9.92. The van der Waals surface area contributed by atoms with Crippen molar-refractivity contribution < 1.29 is 9.53 Å². The first-order valence-electron chi connectivity index (χ1n) is 8.12. The van der Waals surface area contributed by atoms with Gasteiger partial charge in [-0.1, -0.05) is 12.1 Å². The predicted octanol–water partition coefficient (Wildman–Crippen LogP) is 2.20. The average molecular weight is 302 g/mol. The van der Waals surface area contributed by atoms with Gasteiger partial charge in [0.25, 0.3) is 0 Å². The van der Waals surface area contributed by atoms with Crippen molar-refractivity contribution in [1.82, 2.24) is 9.80 Å². The van der Waals surface area contributed by atoms with Crippen LogP contribution < -0.4 is 4.74 Å². The van der Waals surface area contributed by atoms with Gasteiger partial charge >= 0.3 is 0 Å². The van der Waals surface area contributed by atoms with Crippen LogP contribution in [0.3, 0.4) is 0 Å². The van der Waals surface area contributed by atoms with E-state index in [-0.39, 0.29) is 11.5 Å². The van der Waals surface area contributed by atoms with Crippen molar-refractivity contribution in [2.45, 2.75) is 38.1 Å². The SMILES string of the molecule is COc1cc(C2(C(=O)N3CCN(C)C[C@@H]3C)CC2)ccc1C. The fourth-order valence-corrected chi connectivity index (χ4v) is 3.59. The summed E-state index contributed by atoms with van der Waals surface area (Å²) < 4.78 is 5.44. The first-order chi connectivity index (χ1) is 10.5. The molecule has 2 fully saturated rings. The summed E-state index contributed by atoms with van der Waals surface area (Å²) in [6.07, 6.45) is 1.91. The van der Waals surface area contributed by atoms with E-state index in [1.54, 1.807) is 7.11 Å². The van der Waals surface area contributed by atoms with E-state index in [2.05, 4.69) is 42.0 Å². The molecule has 0 unspecified atom stereocenters. The van der Waals surface area contributed by atoms with Crippen LogP contribution in [0.4, 0.5) is 0 Å². The molecule has 0 spiro atoms. The van der Waals surface area contributed by atoms with Gasteiger partial charge in [-0.2, -0.15) is 0 Å². The summed E-state index contributed by atoms with van der Waals surface area (Å²) >= 11 is 0. The molecule has 0 N–H and O–H groups in total. The Balaban J connectivity index is 1.85. The number of carbonyl (C=O) groups is 1. The quantitative estimate of drug-likeness (QED) is 0.858. The Morgan fingerprint density at radius 1 is 1.32 bits per heavy atom. The molecule has 1 aliphatic carbocycles. The van der Waals surface area contributed by atoms with Gasteiger partial charge in [0.15, 0.2) is 0 Å². The number of methoxy groups -OCH3 is 1. The van der Waals surface area contributed by atoms with E-state index in [9.17, 15) is 4.79 Å². The van der Waals surface area contributed by atoms with Crippen LogP contribution in [0.2, 0.25) is 0 Å². The Bertz CT molecular complexity index is 580. The Labute approximate surface area is 133 Å². The number of hydrogen-bond donors (Lipinski definition) is 0. The fourth-order valence-electron chi connectivity index (χ4n) is 3.59. The molecule has 1 amide bonds. The van der Waals surface area contributed by atoms with Gasteiger partial charge < -0.3 is 14.5 Å². The van der Waals surface area contributed by atoms with E-state index in [0.29, 0.717) is 5.91 Å². The topological polar surface area (TPSA) is 32.8 Å². The van der Waals surface area contributed by atoms with Gasteiger partial charge in [0.2, 0.25) is 5.91 Å². The van der Waals surface area contributed by atoms with E-state index in [1.165, 1.54) is 0 Å². The molecule has 4 heteroatoms. The van der Waals surface area contributed by atoms with Crippen molar-refractivity contribution >= 4 is 5.91 Å². The molecular weight excluding hydrogens is 276 g/mol. The number of ether oxygens (including phenoxy) is 1. The highest BCUT2D eigenvalue weighted by Crippen LogP contribution is 2.50. The molecule has 3 rings (SSSR count). The summed E-state index contributed by atoms with van der Waals surface area (Å²) in [5, 5.41) is 0. The number of nitrogens with zero attached hydrogens (tertiary/aromatic N) is 2. The number of amides is 1. The number of benzene rings is 1. The summed E-state index contributed by atoms with van der Waals surface area (Å²) in [5.41, 5.74) is 1.93. The lowest BCUT2D eigenvalue weighted by Crippen LogP contribution is -2.55. The average Bonchev–Trinajstić information content (AvgIpc) is 3.29. The monoisotopic (exact) mass is 302 g/mol. The molecule has 120 valence electrons. The first kappa shape index (κ1) is 15.3. The number of likely N-dealkylation sites (N-methyl/N-ethyl adjacent to an activating group) is 1. The molecule has 2 aliphatic rings. The molecule has 1 saturated carbocycles. The van der Waals surface area contributed by atoms with Crippen molar-refractivity contribution in [2.75, 3.05) is 33.8 Å². The molecule has 1 aromatic rings. The number of piperazine rings is 1. The van der Waals surface area contributed by atoms with Gasteiger partial charge in [0, 0.05) is 25.7 Å². The number of hydrogen-bond acceptors (Lipinski definition) is 3. The van der Waals surface area contributed by atoms with E-state index in [4.69, 9.17) is 4.74 Å². The van der Waals surface area contributed by atoms with E-state index >= 15 is 0 Å². The molecule has 1 aliphatic heterocycles. The third kappa shape index (κ3) is 2.50. The zero-order valence-corrected chi connectivity index (χ0v) is 14.1. The Morgan fingerprint density at radius 3 is 2.64 bits per heavy atom. The van der Waals surface area contributed by atoms with Crippen LogP contribution in [0.15, 0.2) is 18.2 Å². The highest BCUT2D eigenvalue weighted by atomic mass is 16.5. The highest BCUT2D eigenvalue weighted by molar-refractivity contribution is 5.91. The largest absolute Gasteiger partial charge is 0.496 e. The van der Waals surface area contributed by atoms with Crippen LogP contribution in [-0.4, -0.2) is 55.5 Å². The van der Waals surface area contributed by atoms with E-state index < -0.39 is 0 Å². The maximum Gasteiger partial charge on any atom is 0.233 e. The molecule has 0 bridgehead atoms. The van der Waals surface area contributed by atoms with Gasteiger partial charge in [-0.05, 0) is 50.9 Å². The number of rotatable bonds is 3. The second-order valence-corrected chi connectivity index (χ2v) is 6.88. The van der Waals surface area contributed by atoms with Gasteiger partial charge in [-0.15, -0.1) is 0 Å². The van der Waals surface area contributed by atoms with E-state index in [0.717, 1.165) is 49.4 Å². The van der Waals surface area contributed by atoms with Crippen LogP contribution >= 0.6 is 0 Å². The van der Waals surface area contributed by atoms with Gasteiger partial charge in [0.1, 0.15) is 5.75 Å². The minimum atomic E-state index is -0.300. The van der Waals surface area contributed by atoms with Crippen molar-refractivity contribution in [2.24, 2.45) is 0 Å². The first-order valence-corrected chi connectivity index (χ1v) is 8.12. The van der Waals surface area contributed by atoms with Crippen LogP contribution in [0.1, 0.15) is 30.9 Å². The molecule has 1 heterocycles. The lowest BCUT2D eigenvalue weighted by molar-refractivity contribution is -0.138. The van der Waals surface area contributed by atoms with Crippen molar-refractivity contribution in [1.29, 1.82) is 0 Å². The molecule has 22 heavy (non-hydrogen) atoms. The third-order valence-electron chi connectivity index (χ3n) is 5.21. The minimum Gasteiger partial charge on any atom is -0.496 e. The molecule has 1 atom stereocenters. The smallest absolute Gasteiger partial charge is 0.233 e. The van der Waals surface area contributed by atoms with Crippen LogP contribution in [0.25, 0.3) is 0 Å². The molecular formula is C18H26N2O2. The van der Waals surface area contributed by atoms with Crippen LogP contribution in [0.5, 0.6) is 5.75 Å². The maximum atomic E-state index is 13.2. The third-order valence-corrected chi connectivity index (χ3v) is 5.21. The molecule has 4 nitrogen and oxygen atoms in total. The zero-order chi connectivity index (χ0) is 15.9. The number of aryl methyl sites for hydroxylation is 1.